The summed E-state index contributed by atoms with van der Waals surface area (Å²) in [6.45, 7) is 7.51. The molecule has 0 aliphatic heterocycles. The normalized spacial score (nSPS) is 11.4. The van der Waals surface area contributed by atoms with Crippen LogP contribution in [0.2, 0.25) is 0 Å². The van der Waals surface area contributed by atoms with Crippen LogP contribution in [-0.2, 0) is 4.79 Å². The van der Waals surface area contributed by atoms with Crippen molar-refractivity contribution in [2.24, 2.45) is 11.1 Å². The van der Waals surface area contributed by atoms with Crippen molar-refractivity contribution in [3.05, 3.63) is 0 Å². The average molecular weight is 200 g/mol. The van der Waals surface area contributed by atoms with Gasteiger partial charge in [0.1, 0.15) is 0 Å². The van der Waals surface area contributed by atoms with Crippen molar-refractivity contribution in [2.75, 3.05) is 13.1 Å². The van der Waals surface area contributed by atoms with Crippen LogP contribution in [0, 0.1) is 5.41 Å². The Balaban J connectivity index is 3.54. The Labute approximate surface area is 87.4 Å². The number of carbonyl (C=O) groups is 1. The van der Waals surface area contributed by atoms with E-state index in [0.29, 0.717) is 0 Å². The summed E-state index contributed by atoms with van der Waals surface area (Å²) in [5.74, 6) is 0.160. The van der Waals surface area contributed by atoms with Gasteiger partial charge in [0.15, 0.2) is 0 Å². The van der Waals surface area contributed by atoms with Crippen LogP contribution in [0.25, 0.3) is 0 Å². The Hall–Kier alpha value is -0.570. The smallest absolute Gasteiger partial charge is 0.225 e. The van der Waals surface area contributed by atoms with Gasteiger partial charge in [0.2, 0.25) is 5.91 Å². The van der Waals surface area contributed by atoms with Gasteiger partial charge < -0.3 is 11.1 Å². The number of nitrogens with two attached hydrogens (primary N) is 1. The Morgan fingerprint density at radius 1 is 1.29 bits per heavy atom. The minimum Gasteiger partial charge on any atom is -0.356 e. The molecular formula is C11H24N2O. The van der Waals surface area contributed by atoms with Gasteiger partial charge in [0.05, 0.1) is 0 Å². The molecule has 0 unspecified atom stereocenters. The van der Waals surface area contributed by atoms with E-state index < -0.39 is 0 Å². The Kier molecular flexibility index (Phi) is 6.54. The molecule has 0 aromatic carbocycles. The van der Waals surface area contributed by atoms with E-state index in [0.717, 1.165) is 38.8 Å². The predicted molar refractivity (Wildman–Crippen MR) is 60.0 cm³/mol. The van der Waals surface area contributed by atoms with Crippen molar-refractivity contribution in [1.82, 2.24) is 5.32 Å². The molecule has 0 aliphatic carbocycles. The van der Waals surface area contributed by atoms with E-state index >= 15 is 0 Å². The zero-order valence-corrected chi connectivity index (χ0v) is 9.73. The molecule has 0 saturated heterocycles. The molecule has 3 heteroatoms. The van der Waals surface area contributed by atoms with E-state index in [-0.39, 0.29) is 11.3 Å². The number of rotatable bonds is 7. The predicted octanol–water partition coefficient (Wildman–Crippen LogP) is 1.67. The maximum atomic E-state index is 11.6. The summed E-state index contributed by atoms with van der Waals surface area (Å²) >= 11 is 0. The molecule has 14 heavy (non-hydrogen) atoms. The van der Waals surface area contributed by atoms with E-state index in [9.17, 15) is 4.79 Å². The van der Waals surface area contributed by atoms with E-state index in [2.05, 4.69) is 5.32 Å². The van der Waals surface area contributed by atoms with Gasteiger partial charge in [0, 0.05) is 12.0 Å². The highest BCUT2D eigenvalue weighted by Gasteiger charge is 2.24. The van der Waals surface area contributed by atoms with E-state index in [1.807, 2.05) is 20.8 Å². The van der Waals surface area contributed by atoms with Crippen LogP contribution >= 0.6 is 0 Å². The lowest BCUT2D eigenvalue weighted by molar-refractivity contribution is -0.129. The summed E-state index contributed by atoms with van der Waals surface area (Å²) in [5, 5.41) is 2.95. The van der Waals surface area contributed by atoms with E-state index in [1.54, 1.807) is 0 Å². The summed E-state index contributed by atoms with van der Waals surface area (Å²) in [5.41, 5.74) is 5.15. The molecule has 0 aromatic rings. The molecule has 0 bridgehead atoms. The molecule has 0 aliphatic rings. The van der Waals surface area contributed by atoms with Crippen molar-refractivity contribution < 1.29 is 4.79 Å². The Morgan fingerprint density at radius 3 is 2.43 bits per heavy atom. The highest BCUT2D eigenvalue weighted by Crippen LogP contribution is 2.19. The van der Waals surface area contributed by atoms with Crippen LogP contribution in [0.3, 0.4) is 0 Å². The molecular weight excluding hydrogens is 176 g/mol. The summed E-state index contributed by atoms with van der Waals surface area (Å²) in [4.78, 5) is 11.6. The molecule has 84 valence electrons. The lowest BCUT2D eigenvalue weighted by Crippen LogP contribution is -2.36. The van der Waals surface area contributed by atoms with Crippen LogP contribution in [0.5, 0.6) is 0 Å². The number of unbranched alkanes of at least 4 members (excludes halogenated alkanes) is 2. The van der Waals surface area contributed by atoms with Gasteiger partial charge in [-0.1, -0.05) is 27.2 Å². The highest BCUT2D eigenvalue weighted by atomic mass is 16.2. The first-order valence-electron chi connectivity index (χ1n) is 5.53. The summed E-state index contributed by atoms with van der Waals surface area (Å²) in [7, 11) is 0. The standard InChI is InChI=1S/C11H24N2O/c1-4-11(2,3)10(14)13-9-7-5-6-8-12/h4-9,12H2,1-3H3,(H,13,14). The molecule has 0 rings (SSSR count). The number of hydrogen-bond acceptors (Lipinski definition) is 2. The number of carbonyl (C=O) groups excluding carboxylic acids is 1. The number of nitrogens with one attached hydrogen (secondary N) is 1. The second-order valence-electron chi connectivity index (χ2n) is 4.34. The highest BCUT2D eigenvalue weighted by molar-refractivity contribution is 5.81. The third kappa shape index (κ3) is 5.22. The van der Waals surface area contributed by atoms with Gasteiger partial charge in [-0.05, 0) is 25.8 Å². The third-order valence-electron chi connectivity index (χ3n) is 2.67. The Morgan fingerprint density at radius 2 is 1.93 bits per heavy atom. The maximum absolute atomic E-state index is 11.6. The first kappa shape index (κ1) is 13.4. The summed E-state index contributed by atoms with van der Waals surface area (Å²) in [6, 6.07) is 0. The van der Waals surface area contributed by atoms with Gasteiger partial charge in [-0.3, -0.25) is 4.79 Å². The first-order valence-corrected chi connectivity index (χ1v) is 5.53. The van der Waals surface area contributed by atoms with Crippen LogP contribution in [-0.4, -0.2) is 19.0 Å². The Bertz CT molecular complexity index is 167. The quantitative estimate of drug-likeness (QED) is 0.614. The fourth-order valence-corrected chi connectivity index (χ4v) is 1.05. The number of amides is 1. The van der Waals surface area contributed by atoms with Gasteiger partial charge >= 0.3 is 0 Å². The van der Waals surface area contributed by atoms with Crippen molar-refractivity contribution in [3.63, 3.8) is 0 Å². The molecule has 0 fully saturated rings. The largest absolute Gasteiger partial charge is 0.356 e. The molecule has 0 radical (unpaired) electrons. The van der Waals surface area contributed by atoms with Gasteiger partial charge in [-0.2, -0.15) is 0 Å². The van der Waals surface area contributed by atoms with Crippen LogP contribution in [0.4, 0.5) is 0 Å². The van der Waals surface area contributed by atoms with E-state index in [4.69, 9.17) is 5.73 Å². The summed E-state index contributed by atoms with van der Waals surface area (Å²) in [6.07, 6.45) is 4.06. The molecule has 1 amide bonds. The molecule has 3 nitrogen and oxygen atoms in total. The molecule has 0 atom stereocenters. The minimum absolute atomic E-state index is 0.160. The third-order valence-corrected chi connectivity index (χ3v) is 2.67. The maximum Gasteiger partial charge on any atom is 0.225 e. The first-order chi connectivity index (χ1) is 6.54. The van der Waals surface area contributed by atoms with Crippen molar-refractivity contribution in [2.45, 2.75) is 46.5 Å². The SMILES string of the molecule is CCC(C)(C)C(=O)NCCCCCN. The van der Waals surface area contributed by atoms with Crippen molar-refractivity contribution in [3.8, 4) is 0 Å². The molecule has 0 aromatic heterocycles. The lowest BCUT2D eigenvalue weighted by atomic mass is 9.89. The second-order valence-corrected chi connectivity index (χ2v) is 4.34. The van der Waals surface area contributed by atoms with Gasteiger partial charge in [-0.15, -0.1) is 0 Å². The molecule has 0 spiro atoms. The fraction of sp³-hybridized carbons (Fsp3) is 0.909. The zero-order chi connectivity index (χ0) is 11.0. The number of hydrogen-bond donors (Lipinski definition) is 2. The van der Waals surface area contributed by atoms with E-state index in [1.165, 1.54) is 0 Å². The van der Waals surface area contributed by atoms with Crippen molar-refractivity contribution in [1.29, 1.82) is 0 Å². The zero-order valence-electron chi connectivity index (χ0n) is 9.73. The lowest BCUT2D eigenvalue weighted by Gasteiger charge is -2.21. The van der Waals surface area contributed by atoms with Crippen LogP contribution in [0.15, 0.2) is 0 Å². The van der Waals surface area contributed by atoms with Gasteiger partial charge in [-0.25, -0.2) is 0 Å². The second kappa shape index (κ2) is 6.82. The van der Waals surface area contributed by atoms with Crippen LogP contribution < -0.4 is 11.1 Å². The average Bonchev–Trinajstić information content (AvgIpc) is 2.17. The molecule has 0 heterocycles. The minimum atomic E-state index is -0.228. The summed E-state index contributed by atoms with van der Waals surface area (Å²) < 4.78 is 0. The fourth-order valence-electron chi connectivity index (χ4n) is 1.05. The molecule has 3 N–H and O–H groups in total. The van der Waals surface area contributed by atoms with Crippen molar-refractivity contribution >= 4 is 5.91 Å². The monoisotopic (exact) mass is 200 g/mol. The molecule has 0 saturated carbocycles. The van der Waals surface area contributed by atoms with Crippen LogP contribution in [0.1, 0.15) is 46.5 Å². The topological polar surface area (TPSA) is 55.1 Å². The van der Waals surface area contributed by atoms with Gasteiger partial charge in [0.25, 0.3) is 0 Å².